The second kappa shape index (κ2) is 7.03. The van der Waals surface area contributed by atoms with E-state index in [2.05, 4.69) is 25.2 Å². The van der Waals surface area contributed by atoms with Crippen molar-refractivity contribution >= 4 is 23.8 Å². The molecule has 1 aromatic carbocycles. The van der Waals surface area contributed by atoms with Gasteiger partial charge in [0.2, 0.25) is 11.1 Å². The molecule has 116 valence electrons. The Balaban J connectivity index is 2.05. The minimum absolute atomic E-state index is 0.265. The van der Waals surface area contributed by atoms with Crippen LogP contribution in [0.1, 0.15) is 6.92 Å². The van der Waals surface area contributed by atoms with E-state index in [0.29, 0.717) is 0 Å². The largest absolute Gasteiger partial charge is 0.453 e. The number of benzene rings is 1. The van der Waals surface area contributed by atoms with Crippen LogP contribution in [0, 0.1) is 5.82 Å². The standard InChI is InChI=1S/C13H13FN4O3S/c1-7(11(19)16-13(20)21-2)22-12-15-10(17-18-12)8-5-3-4-6-9(8)14/h3-7H,1-2H3,(H,15,17,18)(H,16,19,20)/t7-/m1/s1. The molecular weight excluding hydrogens is 311 g/mol. The Morgan fingerprint density at radius 1 is 1.41 bits per heavy atom. The van der Waals surface area contributed by atoms with Crippen LogP contribution >= 0.6 is 11.8 Å². The van der Waals surface area contributed by atoms with Crippen LogP contribution in [-0.4, -0.2) is 39.5 Å². The summed E-state index contributed by atoms with van der Waals surface area (Å²) < 4.78 is 18.0. The summed E-state index contributed by atoms with van der Waals surface area (Å²) in [4.78, 5) is 26.8. The Hall–Kier alpha value is -2.42. The maximum atomic E-state index is 13.6. The third-order valence-corrected chi connectivity index (χ3v) is 3.62. The molecule has 0 aliphatic carbocycles. The van der Waals surface area contributed by atoms with E-state index >= 15 is 0 Å². The molecule has 0 bridgehead atoms. The fourth-order valence-corrected chi connectivity index (χ4v) is 2.26. The van der Waals surface area contributed by atoms with Gasteiger partial charge >= 0.3 is 6.09 Å². The first-order valence-electron chi connectivity index (χ1n) is 6.24. The summed E-state index contributed by atoms with van der Waals surface area (Å²) in [5, 5.41) is 8.23. The maximum absolute atomic E-state index is 13.6. The smallest absolute Gasteiger partial charge is 0.413 e. The highest BCUT2D eigenvalue weighted by Crippen LogP contribution is 2.24. The van der Waals surface area contributed by atoms with Gasteiger partial charge in [-0.2, -0.15) is 0 Å². The number of thioether (sulfide) groups is 1. The Labute approximate surface area is 129 Å². The van der Waals surface area contributed by atoms with Crippen LogP contribution < -0.4 is 5.32 Å². The van der Waals surface area contributed by atoms with Gasteiger partial charge in [0.1, 0.15) is 5.82 Å². The van der Waals surface area contributed by atoms with Crippen molar-refractivity contribution < 1.29 is 18.7 Å². The predicted molar refractivity (Wildman–Crippen MR) is 77.6 cm³/mol. The number of imide groups is 1. The van der Waals surface area contributed by atoms with Crippen LogP contribution in [0.2, 0.25) is 0 Å². The highest BCUT2D eigenvalue weighted by molar-refractivity contribution is 8.00. The van der Waals surface area contributed by atoms with Crippen LogP contribution in [-0.2, 0) is 9.53 Å². The average Bonchev–Trinajstić information content (AvgIpc) is 2.95. The molecule has 0 radical (unpaired) electrons. The number of methoxy groups -OCH3 is 1. The number of amides is 2. The minimum atomic E-state index is -0.834. The summed E-state index contributed by atoms with van der Waals surface area (Å²) >= 11 is 1.03. The van der Waals surface area contributed by atoms with Crippen molar-refractivity contribution in [1.82, 2.24) is 20.5 Å². The molecular formula is C13H13FN4O3S. The lowest BCUT2D eigenvalue weighted by atomic mass is 10.2. The van der Waals surface area contributed by atoms with E-state index in [0.717, 1.165) is 18.9 Å². The Morgan fingerprint density at radius 2 is 2.14 bits per heavy atom. The first-order chi connectivity index (χ1) is 10.5. The second-order valence-corrected chi connectivity index (χ2v) is 5.50. The number of nitrogens with one attached hydrogen (secondary N) is 2. The van der Waals surface area contributed by atoms with Gasteiger partial charge in [0.25, 0.3) is 0 Å². The van der Waals surface area contributed by atoms with E-state index < -0.39 is 23.1 Å². The number of hydrogen-bond acceptors (Lipinski definition) is 6. The molecule has 9 heteroatoms. The number of halogens is 1. The SMILES string of the molecule is COC(=O)NC(=O)[C@@H](C)Sc1n[nH]c(-c2ccccc2F)n1. The third kappa shape index (κ3) is 3.82. The predicted octanol–water partition coefficient (Wildman–Crippen LogP) is 1.97. The molecule has 1 atom stereocenters. The van der Waals surface area contributed by atoms with Crippen LogP contribution in [0.25, 0.3) is 11.4 Å². The van der Waals surface area contributed by atoms with Gasteiger partial charge in [-0.25, -0.2) is 14.2 Å². The van der Waals surface area contributed by atoms with E-state index in [1.807, 2.05) is 0 Å². The van der Waals surface area contributed by atoms with E-state index in [4.69, 9.17) is 0 Å². The molecule has 0 aliphatic rings. The number of rotatable bonds is 4. The fourth-order valence-electron chi connectivity index (χ4n) is 1.54. The van der Waals surface area contributed by atoms with Gasteiger partial charge < -0.3 is 4.74 Å². The van der Waals surface area contributed by atoms with Crippen molar-refractivity contribution in [1.29, 1.82) is 0 Å². The van der Waals surface area contributed by atoms with E-state index in [9.17, 15) is 14.0 Å². The van der Waals surface area contributed by atoms with Crippen LogP contribution in [0.3, 0.4) is 0 Å². The summed E-state index contributed by atoms with van der Waals surface area (Å²) in [6, 6.07) is 6.14. The van der Waals surface area contributed by atoms with Gasteiger partial charge in [0.05, 0.1) is 17.9 Å². The average molecular weight is 324 g/mol. The third-order valence-electron chi connectivity index (χ3n) is 2.66. The summed E-state index contributed by atoms with van der Waals surface area (Å²) in [6.45, 7) is 1.59. The Kier molecular flexibility index (Phi) is 5.10. The summed E-state index contributed by atoms with van der Waals surface area (Å²) in [7, 11) is 1.16. The molecule has 2 rings (SSSR count). The summed E-state index contributed by atoms with van der Waals surface area (Å²) in [5.74, 6) is -0.693. The van der Waals surface area contributed by atoms with Gasteiger partial charge in [-0.3, -0.25) is 15.2 Å². The summed E-state index contributed by atoms with van der Waals surface area (Å²) in [5.41, 5.74) is 0.286. The molecule has 0 saturated carbocycles. The van der Waals surface area contributed by atoms with Crippen molar-refractivity contribution in [2.75, 3.05) is 7.11 Å². The summed E-state index contributed by atoms with van der Waals surface area (Å²) in [6.07, 6.45) is -0.834. The molecule has 0 saturated heterocycles. The molecule has 22 heavy (non-hydrogen) atoms. The number of nitrogens with zero attached hydrogens (tertiary/aromatic N) is 2. The second-order valence-electron chi connectivity index (χ2n) is 4.19. The number of alkyl carbamates (subject to hydrolysis) is 1. The van der Waals surface area contributed by atoms with Crippen LogP contribution in [0.4, 0.5) is 9.18 Å². The lowest BCUT2D eigenvalue weighted by molar-refractivity contribution is -0.119. The maximum Gasteiger partial charge on any atom is 0.413 e. The van der Waals surface area contributed by atoms with Crippen LogP contribution in [0.5, 0.6) is 0 Å². The van der Waals surface area contributed by atoms with E-state index in [-0.39, 0.29) is 16.5 Å². The van der Waals surface area contributed by atoms with Gasteiger partial charge in [0.15, 0.2) is 5.82 Å². The molecule has 1 heterocycles. The van der Waals surface area contributed by atoms with Crippen molar-refractivity contribution in [2.45, 2.75) is 17.3 Å². The molecule has 0 aliphatic heterocycles. The number of carbonyl (C=O) groups excluding carboxylic acids is 2. The number of aromatic nitrogens is 3. The molecule has 0 spiro atoms. The zero-order valence-electron chi connectivity index (χ0n) is 11.8. The Bertz CT molecular complexity index is 691. The van der Waals surface area contributed by atoms with Crippen molar-refractivity contribution in [3.63, 3.8) is 0 Å². The zero-order chi connectivity index (χ0) is 16.1. The number of H-pyrrole nitrogens is 1. The van der Waals surface area contributed by atoms with Crippen molar-refractivity contribution in [2.24, 2.45) is 0 Å². The van der Waals surface area contributed by atoms with E-state index in [1.54, 1.807) is 25.1 Å². The van der Waals surface area contributed by atoms with Crippen molar-refractivity contribution in [3.05, 3.63) is 30.1 Å². The lowest BCUT2D eigenvalue weighted by Gasteiger charge is -2.07. The number of hydrogen-bond donors (Lipinski definition) is 2. The lowest BCUT2D eigenvalue weighted by Crippen LogP contribution is -2.35. The van der Waals surface area contributed by atoms with E-state index in [1.165, 1.54) is 6.07 Å². The van der Waals surface area contributed by atoms with Gasteiger partial charge in [0, 0.05) is 0 Å². The number of aromatic amines is 1. The highest BCUT2D eigenvalue weighted by atomic mass is 32.2. The van der Waals surface area contributed by atoms with Crippen molar-refractivity contribution in [3.8, 4) is 11.4 Å². The fraction of sp³-hybridized carbons (Fsp3) is 0.231. The van der Waals surface area contributed by atoms with Gasteiger partial charge in [-0.1, -0.05) is 23.9 Å². The monoisotopic (exact) mass is 324 g/mol. The molecule has 2 N–H and O–H groups in total. The number of carbonyl (C=O) groups is 2. The van der Waals surface area contributed by atoms with Crippen LogP contribution in [0.15, 0.2) is 29.4 Å². The first-order valence-corrected chi connectivity index (χ1v) is 7.12. The van der Waals surface area contributed by atoms with Gasteiger partial charge in [-0.15, -0.1) is 5.10 Å². The molecule has 0 fully saturated rings. The number of ether oxygens (including phenoxy) is 1. The molecule has 2 aromatic rings. The van der Waals surface area contributed by atoms with Gasteiger partial charge in [-0.05, 0) is 19.1 Å². The normalized spacial score (nSPS) is 11.8. The molecule has 7 nitrogen and oxygen atoms in total. The minimum Gasteiger partial charge on any atom is -0.453 e. The highest BCUT2D eigenvalue weighted by Gasteiger charge is 2.20. The molecule has 1 aromatic heterocycles. The molecule has 2 amide bonds. The first kappa shape index (κ1) is 16.0. The molecule has 0 unspecified atom stereocenters. The quantitative estimate of drug-likeness (QED) is 0.835. The topological polar surface area (TPSA) is 97.0 Å². The Morgan fingerprint density at radius 3 is 2.82 bits per heavy atom. The zero-order valence-corrected chi connectivity index (χ0v) is 12.6.